The maximum Gasteiger partial charge on any atom is 0.226 e. The molecule has 0 radical (unpaired) electrons. The van der Waals surface area contributed by atoms with Crippen LogP contribution in [0.5, 0.6) is 0 Å². The normalized spacial score (nSPS) is 22.4. The molecule has 1 saturated carbocycles. The Balaban J connectivity index is 1.71. The van der Waals surface area contributed by atoms with Crippen molar-refractivity contribution in [2.24, 2.45) is 16.1 Å². The van der Waals surface area contributed by atoms with Gasteiger partial charge in [-0.2, -0.15) is 0 Å². The highest BCUT2D eigenvalue weighted by Gasteiger charge is 2.60. The zero-order valence-corrected chi connectivity index (χ0v) is 16.3. The summed E-state index contributed by atoms with van der Waals surface area (Å²) in [5, 5.41) is 0. The minimum absolute atomic E-state index is 0.0766. The number of carbonyl (C=O) groups is 1. The Morgan fingerprint density at radius 1 is 1.07 bits per heavy atom. The van der Waals surface area contributed by atoms with Gasteiger partial charge in [0.25, 0.3) is 0 Å². The summed E-state index contributed by atoms with van der Waals surface area (Å²) in [6.45, 7) is 0.0766. The molecule has 29 heavy (non-hydrogen) atoms. The van der Waals surface area contributed by atoms with E-state index < -0.39 is 11.0 Å². The van der Waals surface area contributed by atoms with Gasteiger partial charge in [0, 0.05) is 18.2 Å². The molecule has 1 fully saturated rings. The van der Waals surface area contributed by atoms with E-state index in [4.69, 9.17) is 15.5 Å². The summed E-state index contributed by atoms with van der Waals surface area (Å²) in [6.07, 6.45) is 7.21. The van der Waals surface area contributed by atoms with Gasteiger partial charge in [-0.3, -0.25) is 9.79 Å². The van der Waals surface area contributed by atoms with Gasteiger partial charge in [0.15, 0.2) is 0 Å². The quantitative estimate of drug-likeness (QED) is 0.762. The first-order valence-electron chi connectivity index (χ1n) is 10.0. The lowest BCUT2D eigenvalue weighted by atomic mass is 9.64. The lowest BCUT2D eigenvalue weighted by Crippen LogP contribution is -2.55. The molecule has 0 saturated heterocycles. The van der Waals surface area contributed by atoms with Gasteiger partial charge in [0.2, 0.25) is 5.91 Å². The third-order valence-electron chi connectivity index (χ3n) is 6.29. The van der Waals surface area contributed by atoms with E-state index in [0.29, 0.717) is 30.6 Å². The van der Waals surface area contributed by atoms with Gasteiger partial charge >= 0.3 is 0 Å². The molecule has 5 heteroatoms. The van der Waals surface area contributed by atoms with E-state index >= 15 is 0 Å². The first-order chi connectivity index (χ1) is 14.1. The number of carbonyl (C=O) groups excluding carboxylic acids is 1. The Hall–Kier alpha value is -2.95. The maximum absolute atomic E-state index is 14.1. The standard InChI is InChI=1S/C24H25FN2O2/c25-20-11-5-4-10-19(20)17-29-21-12-15-27-24(21,16-18-8-2-1-3-9-18)23(22(26)28)13-6-7-14-23/h1-5,8-12,15H,6-7,13-14,16-17H2,(H2,26,28). The van der Waals surface area contributed by atoms with Gasteiger partial charge in [-0.1, -0.05) is 61.4 Å². The van der Waals surface area contributed by atoms with Crippen molar-refractivity contribution >= 4 is 12.1 Å². The summed E-state index contributed by atoms with van der Waals surface area (Å²) >= 11 is 0. The van der Waals surface area contributed by atoms with Crippen LogP contribution in [0.2, 0.25) is 0 Å². The van der Waals surface area contributed by atoms with Crippen molar-refractivity contribution in [1.29, 1.82) is 0 Å². The highest BCUT2D eigenvalue weighted by Crippen LogP contribution is 2.54. The van der Waals surface area contributed by atoms with Crippen LogP contribution in [-0.4, -0.2) is 17.7 Å². The maximum atomic E-state index is 14.1. The highest BCUT2D eigenvalue weighted by molar-refractivity contribution is 5.87. The zero-order chi connectivity index (χ0) is 20.3. The van der Waals surface area contributed by atoms with Crippen molar-refractivity contribution in [2.75, 3.05) is 0 Å². The molecule has 2 aromatic rings. The summed E-state index contributed by atoms with van der Waals surface area (Å²) in [6, 6.07) is 16.5. The molecule has 1 aliphatic carbocycles. The van der Waals surface area contributed by atoms with Crippen LogP contribution in [0.1, 0.15) is 36.8 Å². The van der Waals surface area contributed by atoms with E-state index in [1.807, 2.05) is 30.3 Å². The molecule has 1 unspecified atom stereocenters. The molecule has 2 N–H and O–H groups in total. The number of nitrogens with two attached hydrogens (primary N) is 1. The fraction of sp³-hybridized carbons (Fsp3) is 0.333. The molecule has 4 nitrogen and oxygen atoms in total. The van der Waals surface area contributed by atoms with Gasteiger partial charge in [-0.25, -0.2) is 4.39 Å². The lowest BCUT2D eigenvalue weighted by Gasteiger charge is -2.43. The molecule has 0 aromatic heterocycles. The summed E-state index contributed by atoms with van der Waals surface area (Å²) < 4.78 is 20.2. The molecular formula is C24H25FN2O2. The fourth-order valence-corrected chi connectivity index (χ4v) is 4.77. The number of amides is 1. The molecule has 4 rings (SSSR count). The van der Waals surface area contributed by atoms with E-state index in [1.54, 1.807) is 30.5 Å². The number of benzene rings is 2. The number of hydrogen-bond acceptors (Lipinski definition) is 3. The third-order valence-corrected chi connectivity index (χ3v) is 6.29. The number of hydrogen-bond donors (Lipinski definition) is 1. The van der Waals surface area contributed by atoms with Gasteiger partial charge in [0.1, 0.15) is 23.7 Å². The molecular weight excluding hydrogens is 367 g/mol. The van der Waals surface area contributed by atoms with Gasteiger partial charge < -0.3 is 10.5 Å². The number of allylic oxidation sites excluding steroid dienone is 1. The van der Waals surface area contributed by atoms with Crippen molar-refractivity contribution in [2.45, 2.75) is 44.2 Å². The summed E-state index contributed by atoms with van der Waals surface area (Å²) in [5.41, 5.74) is 5.80. The number of ether oxygens (including phenoxy) is 1. The Labute approximate surface area is 170 Å². The van der Waals surface area contributed by atoms with E-state index in [2.05, 4.69) is 0 Å². The van der Waals surface area contributed by atoms with Crippen molar-refractivity contribution in [3.63, 3.8) is 0 Å². The molecule has 0 spiro atoms. The molecule has 2 aliphatic rings. The zero-order valence-electron chi connectivity index (χ0n) is 16.3. The number of primary amides is 1. The topological polar surface area (TPSA) is 64.7 Å². The number of rotatable bonds is 7. The number of halogens is 1. The van der Waals surface area contributed by atoms with Crippen LogP contribution < -0.4 is 5.73 Å². The number of aliphatic imine (C=N–C) groups is 1. The summed E-state index contributed by atoms with van der Waals surface area (Å²) in [7, 11) is 0. The van der Waals surface area contributed by atoms with Crippen molar-refractivity contribution in [3.05, 3.63) is 83.4 Å². The van der Waals surface area contributed by atoms with E-state index in [1.165, 1.54) is 6.07 Å². The monoisotopic (exact) mass is 392 g/mol. The summed E-state index contributed by atoms with van der Waals surface area (Å²) in [4.78, 5) is 17.6. The fourth-order valence-electron chi connectivity index (χ4n) is 4.77. The van der Waals surface area contributed by atoms with E-state index in [-0.39, 0.29) is 18.3 Å². The predicted octanol–water partition coefficient (Wildman–Crippen LogP) is 4.34. The second-order valence-corrected chi connectivity index (χ2v) is 7.87. The minimum atomic E-state index is -0.901. The van der Waals surface area contributed by atoms with Crippen molar-refractivity contribution < 1.29 is 13.9 Å². The Kier molecular flexibility index (Phi) is 5.22. The van der Waals surface area contributed by atoms with Gasteiger partial charge in [-0.15, -0.1) is 0 Å². The van der Waals surface area contributed by atoms with Gasteiger partial charge in [0.05, 0.1) is 5.41 Å². The van der Waals surface area contributed by atoms with Crippen LogP contribution in [-0.2, 0) is 22.6 Å². The first kappa shape index (κ1) is 19.4. The Bertz CT molecular complexity index is 948. The van der Waals surface area contributed by atoms with Crippen LogP contribution in [0.4, 0.5) is 4.39 Å². The van der Waals surface area contributed by atoms with Crippen molar-refractivity contribution in [1.82, 2.24) is 0 Å². The third kappa shape index (κ3) is 3.35. The Morgan fingerprint density at radius 3 is 2.45 bits per heavy atom. The van der Waals surface area contributed by atoms with Crippen LogP contribution >= 0.6 is 0 Å². The smallest absolute Gasteiger partial charge is 0.226 e. The average molecular weight is 392 g/mol. The van der Waals surface area contributed by atoms with Crippen LogP contribution in [0.25, 0.3) is 0 Å². The first-order valence-corrected chi connectivity index (χ1v) is 10.0. The molecule has 1 aliphatic heterocycles. The van der Waals surface area contributed by atoms with E-state index in [0.717, 1.165) is 18.4 Å². The number of nitrogens with zero attached hydrogens (tertiary/aromatic N) is 1. The van der Waals surface area contributed by atoms with Crippen LogP contribution in [0.15, 0.2) is 71.4 Å². The molecule has 1 heterocycles. The molecule has 0 bridgehead atoms. The predicted molar refractivity (Wildman–Crippen MR) is 111 cm³/mol. The largest absolute Gasteiger partial charge is 0.490 e. The van der Waals surface area contributed by atoms with E-state index in [9.17, 15) is 9.18 Å². The second-order valence-electron chi connectivity index (χ2n) is 7.87. The van der Waals surface area contributed by atoms with Crippen molar-refractivity contribution in [3.8, 4) is 0 Å². The van der Waals surface area contributed by atoms with Gasteiger partial charge in [-0.05, 0) is 30.5 Å². The molecule has 1 atom stereocenters. The molecule has 150 valence electrons. The van der Waals surface area contributed by atoms with Crippen LogP contribution in [0, 0.1) is 11.2 Å². The SMILES string of the molecule is NC(=O)C1(C2(Cc3ccccc3)N=CC=C2OCc2ccccc2F)CCCC1. The minimum Gasteiger partial charge on any atom is -0.490 e. The summed E-state index contributed by atoms with van der Waals surface area (Å²) in [5.74, 6) is -0.0677. The lowest BCUT2D eigenvalue weighted by molar-refractivity contribution is -0.131. The second kappa shape index (κ2) is 7.82. The Morgan fingerprint density at radius 2 is 1.76 bits per heavy atom. The van der Waals surface area contributed by atoms with Crippen LogP contribution in [0.3, 0.4) is 0 Å². The molecule has 2 aromatic carbocycles. The molecule has 1 amide bonds. The average Bonchev–Trinajstić information content (AvgIpc) is 3.37. The highest BCUT2D eigenvalue weighted by atomic mass is 19.1.